The Balaban J connectivity index is 2.76. The number of aromatic nitrogens is 1. The molecule has 0 aliphatic rings. The lowest BCUT2D eigenvalue weighted by Crippen LogP contribution is -2.07. The van der Waals surface area contributed by atoms with Crippen LogP contribution in [0.5, 0.6) is 23.1 Å². The minimum absolute atomic E-state index is 0.0344. The van der Waals surface area contributed by atoms with E-state index in [1.54, 1.807) is 27.5 Å². The number of ether oxygens (including phenoxy) is 4. The molecule has 0 saturated carbocycles. The van der Waals surface area contributed by atoms with E-state index in [0.29, 0.717) is 23.1 Å². The predicted octanol–water partition coefficient (Wildman–Crippen LogP) is 3.05. The Morgan fingerprint density at radius 3 is 2.20 bits per heavy atom. The first-order valence-electron chi connectivity index (χ1n) is 6.36. The van der Waals surface area contributed by atoms with Crippen molar-refractivity contribution in [2.75, 3.05) is 21.3 Å². The molecule has 0 unspecified atom stereocenters. The fourth-order valence-electron chi connectivity index (χ4n) is 2.09. The average Bonchev–Trinajstić information content (AvgIpc) is 2.44. The fraction of sp³-hybridized carbons (Fsp3) is 0.400. The van der Waals surface area contributed by atoms with Gasteiger partial charge in [0.25, 0.3) is 0 Å². The van der Waals surface area contributed by atoms with E-state index in [1.165, 1.54) is 0 Å². The quantitative estimate of drug-likeness (QED) is 0.840. The van der Waals surface area contributed by atoms with Crippen LogP contribution in [0.15, 0.2) is 18.3 Å². The summed E-state index contributed by atoms with van der Waals surface area (Å²) in [5.74, 6) is 2.30. The zero-order valence-electron chi connectivity index (χ0n) is 12.4. The second kappa shape index (κ2) is 5.86. The van der Waals surface area contributed by atoms with E-state index in [-0.39, 0.29) is 6.10 Å². The van der Waals surface area contributed by atoms with E-state index in [2.05, 4.69) is 4.98 Å². The van der Waals surface area contributed by atoms with Crippen LogP contribution in [-0.2, 0) is 0 Å². The Kier molecular flexibility index (Phi) is 4.17. The third-order valence-electron chi connectivity index (χ3n) is 2.88. The van der Waals surface area contributed by atoms with Crippen molar-refractivity contribution in [1.29, 1.82) is 0 Å². The Morgan fingerprint density at radius 1 is 0.950 bits per heavy atom. The Labute approximate surface area is 118 Å². The summed E-state index contributed by atoms with van der Waals surface area (Å²) in [7, 11) is 4.77. The molecule has 2 aromatic rings. The number of hydrogen-bond donors (Lipinski definition) is 0. The molecular weight excluding hydrogens is 258 g/mol. The van der Waals surface area contributed by atoms with Gasteiger partial charge < -0.3 is 18.9 Å². The Hall–Kier alpha value is -2.17. The van der Waals surface area contributed by atoms with E-state index >= 15 is 0 Å². The topological polar surface area (TPSA) is 49.8 Å². The van der Waals surface area contributed by atoms with E-state index in [0.717, 1.165) is 10.8 Å². The number of benzene rings is 1. The minimum Gasteiger partial charge on any atom is -0.493 e. The fourth-order valence-corrected chi connectivity index (χ4v) is 2.09. The summed E-state index contributed by atoms with van der Waals surface area (Å²) in [5, 5.41) is 1.70. The lowest BCUT2D eigenvalue weighted by Gasteiger charge is -2.17. The summed E-state index contributed by atoms with van der Waals surface area (Å²) >= 11 is 0. The van der Waals surface area contributed by atoms with Crippen LogP contribution < -0.4 is 18.9 Å². The van der Waals surface area contributed by atoms with E-state index in [4.69, 9.17) is 18.9 Å². The van der Waals surface area contributed by atoms with Crippen molar-refractivity contribution in [3.63, 3.8) is 0 Å². The normalized spacial score (nSPS) is 10.7. The first-order valence-corrected chi connectivity index (χ1v) is 6.36. The third kappa shape index (κ3) is 2.43. The minimum atomic E-state index is 0.0344. The first-order chi connectivity index (χ1) is 9.62. The zero-order chi connectivity index (χ0) is 14.7. The van der Waals surface area contributed by atoms with Crippen LogP contribution in [-0.4, -0.2) is 32.4 Å². The smallest absolute Gasteiger partial charge is 0.221 e. The van der Waals surface area contributed by atoms with Crippen molar-refractivity contribution < 1.29 is 18.9 Å². The molecule has 0 radical (unpaired) electrons. The highest BCUT2D eigenvalue weighted by Gasteiger charge is 2.18. The van der Waals surface area contributed by atoms with Crippen LogP contribution in [0.2, 0.25) is 0 Å². The van der Waals surface area contributed by atoms with Crippen LogP contribution >= 0.6 is 0 Å². The molecule has 0 aliphatic heterocycles. The third-order valence-corrected chi connectivity index (χ3v) is 2.88. The van der Waals surface area contributed by atoms with Gasteiger partial charge in [0.15, 0.2) is 11.5 Å². The van der Waals surface area contributed by atoms with Gasteiger partial charge in [0.05, 0.1) is 32.8 Å². The predicted molar refractivity (Wildman–Crippen MR) is 77.2 cm³/mol. The van der Waals surface area contributed by atoms with Gasteiger partial charge in [-0.15, -0.1) is 0 Å². The van der Waals surface area contributed by atoms with Crippen LogP contribution in [0.1, 0.15) is 13.8 Å². The molecule has 1 aromatic heterocycles. The second-order valence-corrected chi connectivity index (χ2v) is 4.52. The van der Waals surface area contributed by atoms with Gasteiger partial charge in [0.1, 0.15) is 0 Å². The van der Waals surface area contributed by atoms with Gasteiger partial charge in [-0.05, 0) is 26.0 Å². The number of fused-ring (bicyclic) bond motifs is 1. The molecule has 0 spiro atoms. The molecule has 1 heterocycles. The summed E-state index contributed by atoms with van der Waals surface area (Å²) in [6, 6.07) is 3.71. The maximum absolute atomic E-state index is 5.74. The molecule has 0 fully saturated rings. The van der Waals surface area contributed by atoms with Gasteiger partial charge in [-0.2, -0.15) is 0 Å². The standard InChI is InChI=1S/C15H19NO4/c1-9(2)20-15-11-8-12(17-3)14(19-5)13(18-4)10(11)6-7-16-15/h6-9H,1-5H3. The van der Waals surface area contributed by atoms with Crippen molar-refractivity contribution >= 4 is 10.8 Å². The number of methoxy groups -OCH3 is 3. The molecular formula is C15H19NO4. The first kappa shape index (κ1) is 14.2. The maximum Gasteiger partial charge on any atom is 0.221 e. The van der Waals surface area contributed by atoms with Gasteiger partial charge >= 0.3 is 0 Å². The van der Waals surface area contributed by atoms with Crippen molar-refractivity contribution in [2.24, 2.45) is 0 Å². The maximum atomic E-state index is 5.74. The molecule has 2 rings (SSSR count). The van der Waals surface area contributed by atoms with Crippen LogP contribution in [0, 0.1) is 0 Å². The SMILES string of the molecule is COc1cc2c(OC(C)C)nccc2c(OC)c1OC. The van der Waals surface area contributed by atoms with Crippen LogP contribution in [0.25, 0.3) is 10.8 Å². The summed E-state index contributed by atoms with van der Waals surface area (Å²) < 4.78 is 21.9. The summed E-state index contributed by atoms with van der Waals surface area (Å²) in [4.78, 5) is 4.28. The molecule has 0 amide bonds. The van der Waals surface area contributed by atoms with Gasteiger partial charge in [-0.25, -0.2) is 4.98 Å². The molecule has 108 valence electrons. The molecule has 0 bridgehead atoms. The van der Waals surface area contributed by atoms with Gasteiger partial charge in [-0.3, -0.25) is 0 Å². The number of rotatable bonds is 5. The molecule has 0 saturated heterocycles. The summed E-state index contributed by atoms with van der Waals surface area (Å²) in [6.45, 7) is 3.91. The van der Waals surface area contributed by atoms with E-state index in [9.17, 15) is 0 Å². The Bertz CT molecular complexity index is 610. The zero-order valence-corrected chi connectivity index (χ0v) is 12.4. The van der Waals surface area contributed by atoms with E-state index in [1.807, 2.05) is 26.0 Å². The van der Waals surface area contributed by atoms with Gasteiger partial charge in [-0.1, -0.05) is 0 Å². The lowest BCUT2D eigenvalue weighted by molar-refractivity contribution is 0.236. The van der Waals surface area contributed by atoms with Crippen LogP contribution in [0.3, 0.4) is 0 Å². The molecule has 0 aliphatic carbocycles. The monoisotopic (exact) mass is 277 g/mol. The van der Waals surface area contributed by atoms with Gasteiger partial charge in [0.2, 0.25) is 11.6 Å². The van der Waals surface area contributed by atoms with Crippen molar-refractivity contribution in [3.05, 3.63) is 18.3 Å². The summed E-state index contributed by atoms with van der Waals surface area (Å²) in [5.41, 5.74) is 0. The van der Waals surface area contributed by atoms with Gasteiger partial charge in [0, 0.05) is 11.6 Å². The highest BCUT2D eigenvalue weighted by atomic mass is 16.5. The lowest BCUT2D eigenvalue weighted by atomic mass is 10.1. The highest BCUT2D eigenvalue weighted by Crippen LogP contribution is 2.45. The molecule has 20 heavy (non-hydrogen) atoms. The van der Waals surface area contributed by atoms with E-state index < -0.39 is 0 Å². The number of hydrogen-bond acceptors (Lipinski definition) is 5. The number of nitrogens with zero attached hydrogens (tertiary/aromatic N) is 1. The molecule has 0 atom stereocenters. The van der Waals surface area contributed by atoms with Crippen molar-refractivity contribution in [3.8, 4) is 23.1 Å². The Morgan fingerprint density at radius 2 is 1.65 bits per heavy atom. The second-order valence-electron chi connectivity index (χ2n) is 4.52. The van der Waals surface area contributed by atoms with Crippen LogP contribution in [0.4, 0.5) is 0 Å². The largest absolute Gasteiger partial charge is 0.493 e. The molecule has 5 nitrogen and oxygen atoms in total. The average molecular weight is 277 g/mol. The molecule has 5 heteroatoms. The number of pyridine rings is 1. The molecule has 0 N–H and O–H groups in total. The molecule has 1 aromatic carbocycles. The van der Waals surface area contributed by atoms with Crippen molar-refractivity contribution in [2.45, 2.75) is 20.0 Å². The summed E-state index contributed by atoms with van der Waals surface area (Å²) in [6.07, 6.45) is 1.72. The van der Waals surface area contributed by atoms with Crippen molar-refractivity contribution in [1.82, 2.24) is 4.98 Å². The highest BCUT2D eigenvalue weighted by molar-refractivity contribution is 5.96.